The number of guanidine groups is 1. The summed E-state index contributed by atoms with van der Waals surface area (Å²) in [6.45, 7) is 8.66. The number of amides is 1. The van der Waals surface area contributed by atoms with Crippen molar-refractivity contribution in [3.05, 3.63) is 51.5 Å². The smallest absolute Gasteiger partial charge is 0.251 e. The predicted molar refractivity (Wildman–Crippen MR) is 108 cm³/mol. The van der Waals surface area contributed by atoms with E-state index >= 15 is 0 Å². The van der Waals surface area contributed by atoms with Crippen LogP contribution in [-0.4, -0.2) is 36.5 Å². The van der Waals surface area contributed by atoms with Gasteiger partial charge in [0.25, 0.3) is 5.91 Å². The second-order valence-electron chi connectivity index (χ2n) is 5.79. The van der Waals surface area contributed by atoms with Crippen molar-refractivity contribution in [1.29, 1.82) is 0 Å². The van der Waals surface area contributed by atoms with Gasteiger partial charge in [-0.2, -0.15) is 0 Å². The van der Waals surface area contributed by atoms with Gasteiger partial charge in [-0.05, 0) is 38.5 Å². The second kappa shape index (κ2) is 10.6. The first kappa shape index (κ1) is 19.9. The first-order valence-electron chi connectivity index (χ1n) is 8.92. The van der Waals surface area contributed by atoms with Crippen molar-refractivity contribution < 1.29 is 4.79 Å². The normalized spacial score (nSPS) is 11.3. The topological polar surface area (TPSA) is 78.4 Å². The summed E-state index contributed by atoms with van der Waals surface area (Å²) in [5.74, 6) is 0.713. The molecule has 0 bridgehead atoms. The summed E-state index contributed by atoms with van der Waals surface area (Å²) < 4.78 is 0. The summed E-state index contributed by atoms with van der Waals surface area (Å²) in [4.78, 5) is 21.0. The van der Waals surface area contributed by atoms with Gasteiger partial charge < -0.3 is 16.0 Å². The maximum absolute atomic E-state index is 11.9. The number of benzene rings is 1. The standard InChI is InChI=1S/C19H27N5OS/c1-4-20-18(25)16-8-6-7-15(11-16)12-23-19(21-5-2)22-10-9-17-13-26-14(3)24-17/h6-8,11,13H,4-5,9-10,12H2,1-3H3,(H,20,25)(H2,21,22,23). The Morgan fingerprint density at radius 3 is 2.69 bits per heavy atom. The van der Waals surface area contributed by atoms with Crippen molar-refractivity contribution in [2.45, 2.75) is 33.7 Å². The molecule has 0 saturated heterocycles. The molecule has 0 aliphatic carbocycles. The van der Waals surface area contributed by atoms with Gasteiger partial charge in [0.2, 0.25) is 0 Å². The average Bonchev–Trinajstić information content (AvgIpc) is 3.05. The molecule has 0 fully saturated rings. The zero-order valence-electron chi connectivity index (χ0n) is 15.6. The van der Waals surface area contributed by atoms with E-state index in [1.165, 1.54) is 0 Å². The van der Waals surface area contributed by atoms with E-state index in [1.807, 2.05) is 45.0 Å². The zero-order valence-corrected chi connectivity index (χ0v) is 16.4. The van der Waals surface area contributed by atoms with Gasteiger partial charge in [-0.15, -0.1) is 11.3 Å². The number of aliphatic imine (C=N–C) groups is 1. The zero-order chi connectivity index (χ0) is 18.8. The third-order valence-electron chi connectivity index (χ3n) is 3.63. The quantitative estimate of drug-likeness (QED) is 0.491. The molecule has 0 radical (unpaired) electrons. The van der Waals surface area contributed by atoms with Crippen LogP contribution in [0.2, 0.25) is 0 Å². The van der Waals surface area contributed by atoms with Gasteiger partial charge in [0, 0.05) is 37.0 Å². The number of rotatable bonds is 8. The average molecular weight is 374 g/mol. The second-order valence-corrected chi connectivity index (χ2v) is 6.85. The summed E-state index contributed by atoms with van der Waals surface area (Å²) in [6, 6.07) is 7.57. The Morgan fingerprint density at radius 2 is 2.00 bits per heavy atom. The van der Waals surface area contributed by atoms with Crippen molar-refractivity contribution in [2.24, 2.45) is 4.99 Å². The van der Waals surface area contributed by atoms with Gasteiger partial charge in [0.1, 0.15) is 0 Å². The van der Waals surface area contributed by atoms with Crippen LogP contribution in [0, 0.1) is 6.92 Å². The summed E-state index contributed by atoms with van der Waals surface area (Å²) in [5.41, 5.74) is 2.77. The highest BCUT2D eigenvalue weighted by atomic mass is 32.1. The number of nitrogens with zero attached hydrogens (tertiary/aromatic N) is 2. The minimum absolute atomic E-state index is 0.0538. The molecule has 0 atom stereocenters. The van der Waals surface area contributed by atoms with Crippen LogP contribution in [-0.2, 0) is 13.0 Å². The number of thiazole rings is 1. The highest BCUT2D eigenvalue weighted by Gasteiger charge is 2.05. The van der Waals surface area contributed by atoms with Crippen LogP contribution in [0.15, 0.2) is 34.6 Å². The van der Waals surface area contributed by atoms with E-state index in [-0.39, 0.29) is 5.91 Å². The number of aromatic nitrogens is 1. The number of carbonyl (C=O) groups excluding carboxylic acids is 1. The number of carbonyl (C=O) groups is 1. The lowest BCUT2D eigenvalue weighted by molar-refractivity contribution is 0.0955. The Bertz CT molecular complexity index is 741. The molecule has 1 aromatic carbocycles. The number of hydrogen-bond donors (Lipinski definition) is 3. The largest absolute Gasteiger partial charge is 0.357 e. The third kappa shape index (κ3) is 6.48. The van der Waals surface area contributed by atoms with Crippen LogP contribution in [0.25, 0.3) is 0 Å². The van der Waals surface area contributed by atoms with Crippen LogP contribution in [0.5, 0.6) is 0 Å². The lowest BCUT2D eigenvalue weighted by Gasteiger charge is -2.11. The number of aryl methyl sites for hydroxylation is 1. The molecule has 1 aromatic heterocycles. The monoisotopic (exact) mass is 373 g/mol. The van der Waals surface area contributed by atoms with Crippen LogP contribution >= 0.6 is 11.3 Å². The van der Waals surface area contributed by atoms with Crippen molar-refractivity contribution in [3.8, 4) is 0 Å². The molecule has 140 valence electrons. The van der Waals surface area contributed by atoms with Gasteiger partial charge in [-0.3, -0.25) is 4.79 Å². The molecule has 1 amide bonds. The van der Waals surface area contributed by atoms with Crippen molar-refractivity contribution >= 4 is 23.2 Å². The Kier molecular flexibility index (Phi) is 8.08. The summed E-state index contributed by atoms with van der Waals surface area (Å²) in [5, 5.41) is 12.6. The lowest BCUT2D eigenvalue weighted by atomic mass is 10.1. The SMILES string of the molecule is CCNC(=O)c1cccc(CN=C(NCC)NCCc2csc(C)n2)c1. The molecular formula is C19H27N5OS. The highest BCUT2D eigenvalue weighted by Crippen LogP contribution is 2.08. The number of hydrogen-bond acceptors (Lipinski definition) is 4. The molecule has 3 N–H and O–H groups in total. The molecule has 2 aromatic rings. The minimum atomic E-state index is -0.0538. The molecule has 7 heteroatoms. The lowest BCUT2D eigenvalue weighted by Crippen LogP contribution is -2.38. The van der Waals surface area contributed by atoms with Gasteiger partial charge in [0.05, 0.1) is 17.2 Å². The van der Waals surface area contributed by atoms with Crippen molar-refractivity contribution in [3.63, 3.8) is 0 Å². The molecule has 0 spiro atoms. The Hall–Kier alpha value is -2.41. The van der Waals surface area contributed by atoms with E-state index < -0.39 is 0 Å². The Balaban J connectivity index is 1.93. The molecule has 2 rings (SSSR count). The summed E-state index contributed by atoms with van der Waals surface area (Å²) in [6.07, 6.45) is 0.863. The van der Waals surface area contributed by atoms with E-state index in [4.69, 9.17) is 0 Å². The molecule has 1 heterocycles. The predicted octanol–water partition coefficient (Wildman–Crippen LogP) is 2.50. The fraction of sp³-hybridized carbons (Fsp3) is 0.421. The molecule has 26 heavy (non-hydrogen) atoms. The van der Waals surface area contributed by atoms with Gasteiger partial charge >= 0.3 is 0 Å². The molecule has 0 aliphatic heterocycles. The fourth-order valence-corrected chi connectivity index (χ4v) is 3.06. The summed E-state index contributed by atoms with van der Waals surface area (Å²) >= 11 is 1.67. The van der Waals surface area contributed by atoms with E-state index in [0.717, 1.165) is 41.7 Å². The first-order chi connectivity index (χ1) is 12.6. The minimum Gasteiger partial charge on any atom is -0.357 e. The maximum atomic E-state index is 11.9. The van der Waals surface area contributed by atoms with E-state index in [0.29, 0.717) is 18.7 Å². The van der Waals surface area contributed by atoms with Crippen molar-refractivity contribution in [2.75, 3.05) is 19.6 Å². The number of nitrogens with one attached hydrogen (secondary N) is 3. The van der Waals surface area contributed by atoms with Gasteiger partial charge in [-0.1, -0.05) is 12.1 Å². The fourth-order valence-electron chi connectivity index (χ4n) is 2.42. The van der Waals surface area contributed by atoms with E-state index in [1.54, 1.807) is 11.3 Å². The maximum Gasteiger partial charge on any atom is 0.251 e. The van der Waals surface area contributed by atoms with Crippen LogP contribution in [0.1, 0.15) is 40.5 Å². The molecule has 0 saturated carbocycles. The molecule has 6 nitrogen and oxygen atoms in total. The van der Waals surface area contributed by atoms with Gasteiger partial charge in [0.15, 0.2) is 5.96 Å². The third-order valence-corrected chi connectivity index (χ3v) is 4.45. The molecule has 0 aliphatic rings. The van der Waals surface area contributed by atoms with E-state index in [2.05, 4.69) is 31.3 Å². The summed E-state index contributed by atoms with van der Waals surface area (Å²) in [7, 11) is 0. The molecule has 0 unspecified atom stereocenters. The Morgan fingerprint density at radius 1 is 1.19 bits per heavy atom. The highest BCUT2D eigenvalue weighted by molar-refractivity contribution is 7.09. The van der Waals surface area contributed by atoms with Gasteiger partial charge in [-0.25, -0.2) is 9.98 Å². The molecular weight excluding hydrogens is 346 g/mol. The van der Waals surface area contributed by atoms with Crippen LogP contribution in [0.3, 0.4) is 0 Å². The Labute approximate surface area is 159 Å². The first-order valence-corrected chi connectivity index (χ1v) is 9.80. The van der Waals surface area contributed by atoms with Crippen LogP contribution in [0.4, 0.5) is 0 Å². The van der Waals surface area contributed by atoms with Crippen LogP contribution < -0.4 is 16.0 Å². The van der Waals surface area contributed by atoms with E-state index in [9.17, 15) is 4.79 Å². The van der Waals surface area contributed by atoms with Crippen molar-refractivity contribution in [1.82, 2.24) is 20.9 Å².